The number of hydrogen-bond donors (Lipinski definition) is 1. The maximum atomic E-state index is 12.3. The summed E-state index contributed by atoms with van der Waals surface area (Å²) in [5, 5.41) is 12.1. The molecule has 0 aliphatic heterocycles. The van der Waals surface area contributed by atoms with E-state index >= 15 is 0 Å². The highest BCUT2D eigenvalue weighted by atomic mass is 32.2. The van der Waals surface area contributed by atoms with Gasteiger partial charge < -0.3 is 5.32 Å². The minimum absolute atomic E-state index is 0.587. The molecule has 1 rings (SSSR count). The van der Waals surface area contributed by atoms with Crippen molar-refractivity contribution in [1.82, 2.24) is 5.32 Å². The van der Waals surface area contributed by atoms with Crippen LogP contribution in [-0.4, -0.2) is 30.9 Å². The molecule has 0 heterocycles. The first kappa shape index (κ1) is 17.0. The molecule has 1 aliphatic carbocycles. The minimum atomic E-state index is -3.52. The first-order valence-corrected chi connectivity index (χ1v) is 8.90. The molecule has 6 heteroatoms. The monoisotopic (exact) mass is 300 g/mol. The number of amides is 1. The lowest BCUT2D eigenvalue weighted by atomic mass is 9.76. The van der Waals surface area contributed by atoms with E-state index in [-0.39, 0.29) is 0 Å². The quantitative estimate of drug-likeness (QED) is 0.857. The molecule has 1 saturated carbocycles. The molecule has 0 atom stereocenters. The number of nitrogens with one attached hydrogen (secondary N) is 1. The van der Waals surface area contributed by atoms with E-state index in [2.05, 4.69) is 18.3 Å². The van der Waals surface area contributed by atoms with Gasteiger partial charge in [-0.1, -0.05) is 13.3 Å². The summed E-state index contributed by atoms with van der Waals surface area (Å²) in [5.41, 5.74) is -0.912. The molecule has 0 aromatic carbocycles. The molecule has 0 saturated heterocycles. The fraction of sp³-hybridized carbons (Fsp3) is 0.857. The molecular formula is C14H24N2O3S. The first-order valence-electron chi connectivity index (χ1n) is 7.01. The topological polar surface area (TPSA) is 87.0 Å². The van der Waals surface area contributed by atoms with Crippen LogP contribution in [0.5, 0.6) is 0 Å². The van der Waals surface area contributed by atoms with Gasteiger partial charge >= 0.3 is 0 Å². The standard InChI is InChI=1S/C14H24N2O3S/c1-5-11-6-8-14(10-15,9-7-11)16-12(17)13(2,3)20(4,18)19/h11H,5-9H2,1-4H3,(H,16,17). The van der Waals surface area contributed by atoms with Gasteiger partial charge in [0.1, 0.15) is 10.3 Å². The zero-order valence-electron chi connectivity index (χ0n) is 12.7. The van der Waals surface area contributed by atoms with Crippen molar-refractivity contribution in [1.29, 1.82) is 5.26 Å². The predicted octanol–water partition coefficient (Wildman–Crippen LogP) is 1.79. The highest BCUT2D eigenvalue weighted by Crippen LogP contribution is 2.34. The Kier molecular flexibility index (Phi) is 4.86. The molecule has 1 N–H and O–H groups in total. The van der Waals surface area contributed by atoms with Crippen molar-refractivity contribution in [2.75, 3.05) is 6.26 Å². The third kappa shape index (κ3) is 3.32. The molecule has 5 nitrogen and oxygen atoms in total. The van der Waals surface area contributed by atoms with E-state index in [9.17, 15) is 18.5 Å². The molecule has 0 unspecified atom stereocenters. The Morgan fingerprint density at radius 1 is 1.40 bits per heavy atom. The maximum Gasteiger partial charge on any atom is 0.242 e. The molecule has 1 fully saturated rings. The average molecular weight is 300 g/mol. The minimum Gasteiger partial charge on any atom is -0.336 e. The van der Waals surface area contributed by atoms with Crippen molar-refractivity contribution >= 4 is 15.7 Å². The molecule has 0 spiro atoms. The molecular weight excluding hydrogens is 276 g/mol. The second kappa shape index (κ2) is 5.72. The van der Waals surface area contributed by atoms with Crippen LogP contribution in [0, 0.1) is 17.2 Å². The van der Waals surface area contributed by atoms with Crippen LogP contribution in [-0.2, 0) is 14.6 Å². The lowest BCUT2D eigenvalue weighted by Gasteiger charge is -2.37. The van der Waals surface area contributed by atoms with Crippen LogP contribution in [0.1, 0.15) is 52.9 Å². The third-order valence-corrected chi connectivity index (χ3v) is 6.62. The highest BCUT2D eigenvalue weighted by molar-refractivity contribution is 7.92. The molecule has 0 bridgehead atoms. The van der Waals surface area contributed by atoms with E-state index in [4.69, 9.17) is 0 Å². The van der Waals surface area contributed by atoms with Crippen LogP contribution in [0.25, 0.3) is 0 Å². The third-order valence-electron chi connectivity index (χ3n) is 4.58. The molecule has 20 heavy (non-hydrogen) atoms. The Morgan fingerprint density at radius 3 is 2.25 bits per heavy atom. The SMILES string of the molecule is CCC1CCC(C#N)(NC(=O)C(C)(C)S(C)(=O)=O)CC1. The molecule has 114 valence electrons. The van der Waals surface area contributed by atoms with Crippen molar-refractivity contribution in [3.63, 3.8) is 0 Å². The van der Waals surface area contributed by atoms with Crippen LogP contribution in [0.3, 0.4) is 0 Å². The smallest absolute Gasteiger partial charge is 0.242 e. The van der Waals surface area contributed by atoms with Crippen LogP contribution < -0.4 is 5.32 Å². The van der Waals surface area contributed by atoms with E-state index in [1.807, 2.05) is 0 Å². The van der Waals surface area contributed by atoms with Gasteiger partial charge in [0.25, 0.3) is 0 Å². The van der Waals surface area contributed by atoms with E-state index in [0.717, 1.165) is 25.5 Å². The summed E-state index contributed by atoms with van der Waals surface area (Å²) in [6, 6.07) is 2.19. The van der Waals surface area contributed by atoms with Gasteiger partial charge in [-0.05, 0) is 45.4 Å². The van der Waals surface area contributed by atoms with Crippen molar-refractivity contribution in [2.45, 2.75) is 63.2 Å². The van der Waals surface area contributed by atoms with Gasteiger partial charge in [0.2, 0.25) is 5.91 Å². The summed E-state index contributed by atoms with van der Waals surface area (Å²) in [7, 11) is -3.52. The average Bonchev–Trinajstić information content (AvgIpc) is 2.38. The van der Waals surface area contributed by atoms with Gasteiger partial charge in [-0.3, -0.25) is 4.79 Å². The summed E-state index contributed by atoms with van der Waals surface area (Å²) < 4.78 is 21.9. The van der Waals surface area contributed by atoms with Gasteiger partial charge in [-0.2, -0.15) is 5.26 Å². The molecule has 0 radical (unpaired) electrons. The molecule has 0 aromatic rings. The summed E-state index contributed by atoms with van der Waals surface area (Å²) >= 11 is 0. The van der Waals surface area contributed by atoms with Gasteiger partial charge in [-0.25, -0.2) is 8.42 Å². The Bertz CT molecular complexity index is 509. The van der Waals surface area contributed by atoms with Crippen molar-refractivity contribution < 1.29 is 13.2 Å². The van der Waals surface area contributed by atoms with Crippen LogP contribution >= 0.6 is 0 Å². The Balaban J connectivity index is 2.86. The molecule has 1 amide bonds. The lowest BCUT2D eigenvalue weighted by Crippen LogP contribution is -2.57. The van der Waals surface area contributed by atoms with E-state index in [1.54, 1.807) is 0 Å². The first-order chi connectivity index (χ1) is 9.08. The fourth-order valence-corrected chi connectivity index (χ4v) is 2.77. The molecule has 1 aliphatic rings. The number of carbonyl (C=O) groups is 1. The highest BCUT2D eigenvalue weighted by Gasteiger charge is 2.44. The summed E-state index contributed by atoms with van der Waals surface area (Å²) in [4.78, 5) is 12.3. The Labute approximate surface area is 121 Å². The number of carbonyl (C=O) groups excluding carboxylic acids is 1. The van der Waals surface area contributed by atoms with Gasteiger partial charge in [0, 0.05) is 6.26 Å². The van der Waals surface area contributed by atoms with Gasteiger partial charge in [0.15, 0.2) is 9.84 Å². The van der Waals surface area contributed by atoms with Crippen molar-refractivity contribution in [2.24, 2.45) is 5.92 Å². The summed E-state index contributed by atoms with van der Waals surface area (Å²) in [6.45, 7) is 4.87. The van der Waals surface area contributed by atoms with E-state index < -0.39 is 26.0 Å². The van der Waals surface area contributed by atoms with Crippen LogP contribution in [0.2, 0.25) is 0 Å². The fourth-order valence-electron chi connectivity index (χ4n) is 2.38. The van der Waals surface area contributed by atoms with Crippen LogP contribution in [0.15, 0.2) is 0 Å². The Morgan fingerprint density at radius 2 is 1.90 bits per heavy atom. The number of nitrogens with zero attached hydrogens (tertiary/aromatic N) is 1. The zero-order chi connectivity index (χ0) is 15.6. The maximum absolute atomic E-state index is 12.3. The van der Waals surface area contributed by atoms with Gasteiger partial charge in [0.05, 0.1) is 6.07 Å². The second-order valence-electron chi connectivity index (χ2n) is 6.28. The van der Waals surface area contributed by atoms with Gasteiger partial charge in [-0.15, -0.1) is 0 Å². The van der Waals surface area contributed by atoms with E-state index in [0.29, 0.717) is 18.8 Å². The predicted molar refractivity (Wildman–Crippen MR) is 77.7 cm³/mol. The second-order valence-corrected chi connectivity index (χ2v) is 8.85. The Hall–Kier alpha value is -1.09. The van der Waals surface area contributed by atoms with E-state index in [1.165, 1.54) is 13.8 Å². The number of nitriles is 1. The molecule has 0 aromatic heterocycles. The number of rotatable bonds is 4. The largest absolute Gasteiger partial charge is 0.336 e. The lowest BCUT2D eigenvalue weighted by molar-refractivity contribution is -0.124. The number of sulfone groups is 1. The summed E-state index contributed by atoms with van der Waals surface area (Å²) in [6.07, 6.45) is 5.08. The summed E-state index contributed by atoms with van der Waals surface area (Å²) in [5.74, 6) is 0.00722. The number of hydrogen-bond acceptors (Lipinski definition) is 4. The van der Waals surface area contributed by atoms with Crippen molar-refractivity contribution in [3.8, 4) is 6.07 Å². The van der Waals surface area contributed by atoms with Crippen molar-refractivity contribution in [3.05, 3.63) is 0 Å². The normalized spacial score (nSPS) is 27.6. The zero-order valence-corrected chi connectivity index (χ0v) is 13.5. The van der Waals surface area contributed by atoms with Crippen LogP contribution in [0.4, 0.5) is 0 Å².